The van der Waals surface area contributed by atoms with Gasteiger partial charge >= 0.3 is 6.18 Å². The monoisotopic (exact) mass is 340 g/mol. The number of nitrogens with zero attached hydrogens (tertiary/aromatic N) is 2. The van der Waals surface area contributed by atoms with E-state index < -0.39 is 11.7 Å². The maximum atomic E-state index is 12.9. The molecule has 0 unspecified atom stereocenters. The first-order chi connectivity index (χ1) is 10.9. The van der Waals surface area contributed by atoms with Gasteiger partial charge in [-0.25, -0.2) is 4.98 Å². The van der Waals surface area contributed by atoms with E-state index in [2.05, 4.69) is 4.98 Å². The van der Waals surface area contributed by atoms with E-state index in [1.165, 1.54) is 10.6 Å². The molecule has 0 fully saturated rings. The highest BCUT2D eigenvalue weighted by Gasteiger charge is 2.32. The van der Waals surface area contributed by atoms with Crippen molar-refractivity contribution in [2.24, 2.45) is 0 Å². The van der Waals surface area contributed by atoms with Crippen LogP contribution in [0.4, 0.5) is 13.2 Å². The van der Waals surface area contributed by atoms with Crippen molar-refractivity contribution in [1.82, 2.24) is 9.38 Å². The van der Waals surface area contributed by atoms with E-state index in [-0.39, 0.29) is 17.5 Å². The number of ether oxygens (including phenoxy) is 2. The summed E-state index contributed by atoms with van der Waals surface area (Å²) in [5.74, 6) is 1.19. The fourth-order valence-corrected chi connectivity index (χ4v) is 2.66. The highest BCUT2D eigenvalue weighted by atomic mass is 35.5. The number of imidazole rings is 1. The Morgan fingerprint density at radius 1 is 1.09 bits per heavy atom. The molecule has 1 aliphatic rings. The van der Waals surface area contributed by atoms with E-state index in [0.29, 0.717) is 22.8 Å². The molecular formula is C15H8ClF3N2O2. The lowest BCUT2D eigenvalue weighted by molar-refractivity contribution is -0.137. The second-order valence-corrected chi connectivity index (χ2v) is 5.41. The van der Waals surface area contributed by atoms with Crippen LogP contribution in [-0.4, -0.2) is 16.2 Å². The Bertz CT molecular complexity index is 921. The number of halogens is 4. The van der Waals surface area contributed by atoms with E-state index in [1.54, 1.807) is 18.2 Å². The minimum atomic E-state index is -4.47. The summed E-state index contributed by atoms with van der Waals surface area (Å²) in [6.07, 6.45) is -2.01. The summed E-state index contributed by atoms with van der Waals surface area (Å²) >= 11 is 5.93. The summed E-state index contributed by atoms with van der Waals surface area (Å²) in [6, 6.07) is 6.08. The molecule has 8 heteroatoms. The summed E-state index contributed by atoms with van der Waals surface area (Å²) < 4.78 is 50.3. The van der Waals surface area contributed by atoms with Gasteiger partial charge in [0.25, 0.3) is 0 Å². The number of aromatic nitrogens is 2. The van der Waals surface area contributed by atoms with Crippen molar-refractivity contribution in [2.75, 3.05) is 6.79 Å². The van der Waals surface area contributed by atoms with Gasteiger partial charge in [-0.05, 0) is 24.3 Å². The molecule has 0 aliphatic carbocycles. The first-order valence-corrected chi connectivity index (χ1v) is 6.95. The molecule has 1 aromatic carbocycles. The summed E-state index contributed by atoms with van der Waals surface area (Å²) in [4.78, 5) is 4.30. The van der Waals surface area contributed by atoms with Crippen molar-refractivity contribution in [1.29, 1.82) is 0 Å². The average Bonchev–Trinajstić information content (AvgIpc) is 3.11. The molecule has 0 atom stereocenters. The predicted molar refractivity (Wildman–Crippen MR) is 76.8 cm³/mol. The molecule has 4 nitrogen and oxygen atoms in total. The van der Waals surface area contributed by atoms with Gasteiger partial charge in [-0.3, -0.25) is 0 Å². The van der Waals surface area contributed by atoms with Crippen LogP contribution in [0.1, 0.15) is 5.56 Å². The van der Waals surface area contributed by atoms with Gasteiger partial charge in [0.05, 0.1) is 16.3 Å². The van der Waals surface area contributed by atoms with E-state index in [4.69, 9.17) is 21.1 Å². The van der Waals surface area contributed by atoms with Gasteiger partial charge in [0.2, 0.25) is 6.79 Å². The largest absolute Gasteiger partial charge is 0.454 e. The molecule has 3 heterocycles. The predicted octanol–water partition coefficient (Wildman–Crippen LogP) is 4.40. The molecule has 1 aliphatic heterocycles. The molecule has 23 heavy (non-hydrogen) atoms. The van der Waals surface area contributed by atoms with Crippen molar-refractivity contribution in [3.05, 3.63) is 47.2 Å². The van der Waals surface area contributed by atoms with Crippen LogP contribution >= 0.6 is 11.6 Å². The summed E-state index contributed by atoms with van der Waals surface area (Å²) in [7, 11) is 0. The topological polar surface area (TPSA) is 35.8 Å². The maximum absolute atomic E-state index is 12.9. The second kappa shape index (κ2) is 4.79. The number of hydrogen-bond acceptors (Lipinski definition) is 3. The lowest BCUT2D eigenvalue weighted by Gasteiger charge is -2.07. The number of hydrogen-bond donors (Lipinski definition) is 0. The quantitative estimate of drug-likeness (QED) is 0.658. The van der Waals surface area contributed by atoms with Gasteiger partial charge in [0.15, 0.2) is 17.1 Å². The zero-order chi connectivity index (χ0) is 16.2. The van der Waals surface area contributed by atoms with Crippen LogP contribution < -0.4 is 9.47 Å². The number of fused-ring (bicyclic) bond motifs is 2. The lowest BCUT2D eigenvalue weighted by Crippen LogP contribution is -2.06. The van der Waals surface area contributed by atoms with Gasteiger partial charge in [-0.15, -0.1) is 0 Å². The third-order valence-corrected chi connectivity index (χ3v) is 3.78. The molecular weight excluding hydrogens is 333 g/mol. The minimum absolute atomic E-state index is 0.0631. The van der Waals surface area contributed by atoms with E-state index >= 15 is 0 Å². The third-order valence-electron chi connectivity index (χ3n) is 3.50. The molecule has 0 N–H and O–H groups in total. The molecule has 3 aromatic rings. The Hall–Kier alpha value is -2.41. The summed E-state index contributed by atoms with van der Waals surface area (Å²) in [5.41, 5.74) is 0.615. The second-order valence-electron chi connectivity index (χ2n) is 5.00. The Morgan fingerprint density at radius 2 is 1.87 bits per heavy atom. The molecule has 0 spiro atoms. The number of benzene rings is 1. The van der Waals surface area contributed by atoms with Gasteiger partial charge < -0.3 is 13.9 Å². The minimum Gasteiger partial charge on any atom is -0.454 e. The normalized spacial score (nSPS) is 13.7. The van der Waals surface area contributed by atoms with Crippen LogP contribution in [0, 0.1) is 0 Å². The van der Waals surface area contributed by atoms with Crippen LogP contribution in [0.3, 0.4) is 0 Å². The Balaban J connectivity index is 1.84. The highest BCUT2D eigenvalue weighted by Crippen LogP contribution is 2.37. The fourth-order valence-electron chi connectivity index (χ4n) is 2.41. The molecule has 0 radical (unpaired) electrons. The van der Waals surface area contributed by atoms with Crippen molar-refractivity contribution in [3.8, 4) is 22.8 Å². The van der Waals surface area contributed by atoms with Gasteiger partial charge in [0, 0.05) is 18.0 Å². The average molecular weight is 341 g/mol. The van der Waals surface area contributed by atoms with Crippen LogP contribution in [0.15, 0.2) is 36.7 Å². The van der Waals surface area contributed by atoms with Crippen molar-refractivity contribution in [3.63, 3.8) is 0 Å². The number of alkyl halides is 3. The third kappa shape index (κ3) is 2.37. The zero-order valence-electron chi connectivity index (χ0n) is 11.4. The first kappa shape index (κ1) is 14.2. The van der Waals surface area contributed by atoms with E-state index in [1.807, 2.05) is 0 Å². The van der Waals surface area contributed by atoms with Crippen molar-refractivity contribution in [2.45, 2.75) is 6.18 Å². The Kier molecular flexibility index (Phi) is 2.96. The summed E-state index contributed by atoms with van der Waals surface area (Å²) in [6.45, 7) is 0.144. The van der Waals surface area contributed by atoms with E-state index in [0.717, 1.165) is 12.3 Å². The van der Waals surface area contributed by atoms with Crippen LogP contribution in [0.2, 0.25) is 5.02 Å². The molecule has 0 saturated heterocycles. The van der Waals surface area contributed by atoms with Crippen LogP contribution in [0.25, 0.3) is 16.9 Å². The smallest absolute Gasteiger partial charge is 0.417 e. The maximum Gasteiger partial charge on any atom is 0.417 e. The molecule has 0 saturated carbocycles. The molecule has 4 rings (SSSR count). The van der Waals surface area contributed by atoms with Gasteiger partial charge in [-0.2, -0.15) is 13.2 Å². The zero-order valence-corrected chi connectivity index (χ0v) is 12.1. The Morgan fingerprint density at radius 3 is 2.65 bits per heavy atom. The number of pyridine rings is 1. The lowest BCUT2D eigenvalue weighted by atomic mass is 10.1. The molecule has 0 bridgehead atoms. The first-order valence-electron chi connectivity index (χ1n) is 6.57. The fraction of sp³-hybridized carbons (Fsp3) is 0.133. The molecule has 2 aromatic heterocycles. The molecule has 0 amide bonds. The van der Waals surface area contributed by atoms with Crippen LogP contribution in [0.5, 0.6) is 11.5 Å². The Labute approximate surface area is 133 Å². The SMILES string of the molecule is FC(F)(F)c1cc(Cl)c2nc(-c3ccc4c(c3)OCO4)cn2c1. The number of rotatable bonds is 1. The standard InChI is InChI=1S/C15H8ClF3N2O2/c16-10-4-9(15(17,18)19)5-21-6-11(20-14(10)21)8-1-2-12-13(3-8)23-7-22-12/h1-6H,7H2. The van der Waals surface area contributed by atoms with Gasteiger partial charge in [0.1, 0.15) is 0 Å². The summed E-state index contributed by atoms with van der Waals surface area (Å²) in [5, 5.41) is -0.0631. The van der Waals surface area contributed by atoms with Crippen LogP contribution in [-0.2, 0) is 6.18 Å². The highest BCUT2D eigenvalue weighted by molar-refractivity contribution is 6.33. The van der Waals surface area contributed by atoms with Crippen molar-refractivity contribution < 1.29 is 22.6 Å². The van der Waals surface area contributed by atoms with Gasteiger partial charge in [-0.1, -0.05) is 11.6 Å². The van der Waals surface area contributed by atoms with Crippen molar-refractivity contribution >= 4 is 17.2 Å². The molecule has 118 valence electrons. The van der Waals surface area contributed by atoms with E-state index in [9.17, 15) is 13.2 Å².